The first-order valence-electron chi connectivity index (χ1n) is 6.51. The minimum absolute atomic E-state index is 0.0307. The fraction of sp³-hybridized carbons (Fsp3) is 0.357. The number of ketones is 1. The average Bonchev–Trinajstić information content (AvgIpc) is 2.80. The van der Waals surface area contributed by atoms with Crippen molar-refractivity contribution >= 4 is 5.78 Å². The maximum atomic E-state index is 12.7. The predicted octanol–water partition coefficient (Wildman–Crippen LogP) is 3.66. The molecule has 0 aromatic carbocycles. The van der Waals surface area contributed by atoms with Crippen LogP contribution in [0.15, 0.2) is 22.7 Å². The maximum Gasteiger partial charge on any atom is 0.433 e. The number of aryl methyl sites for hydroxylation is 1. The van der Waals surface area contributed by atoms with Gasteiger partial charge in [-0.3, -0.25) is 9.78 Å². The molecule has 1 aliphatic carbocycles. The molecule has 0 atom stereocenters. The molecule has 2 heterocycles. The number of rotatable bonds is 1. The highest BCUT2D eigenvalue weighted by Gasteiger charge is 2.33. The summed E-state index contributed by atoms with van der Waals surface area (Å²) in [7, 11) is 0. The van der Waals surface area contributed by atoms with Crippen LogP contribution in [0.5, 0.6) is 0 Å². The Morgan fingerprint density at radius 1 is 1.19 bits per heavy atom. The van der Waals surface area contributed by atoms with Crippen LogP contribution in [0.1, 0.15) is 41.2 Å². The Labute approximate surface area is 118 Å². The molecule has 21 heavy (non-hydrogen) atoms. The fourth-order valence-corrected chi connectivity index (χ4v) is 2.27. The number of aromatic nitrogens is 2. The number of hydrogen-bond donors (Lipinski definition) is 0. The molecular weight excluding hydrogens is 285 g/mol. The van der Waals surface area contributed by atoms with Crippen molar-refractivity contribution in [1.29, 1.82) is 0 Å². The molecule has 0 radical (unpaired) electrons. The van der Waals surface area contributed by atoms with Crippen molar-refractivity contribution in [3.8, 4) is 11.5 Å². The monoisotopic (exact) mass is 296 g/mol. The average molecular weight is 296 g/mol. The summed E-state index contributed by atoms with van der Waals surface area (Å²) in [6, 6.07) is 2.25. The number of nitrogens with zero attached hydrogens (tertiary/aromatic N) is 2. The van der Waals surface area contributed by atoms with Gasteiger partial charge in [0.2, 0.25) is 5.89 Å². The van der Waals surface area contributed by atoms with Crippen LogP contribution in [-0.4, -0.2) is 15.8 Å². The van der Waals surface area contributed by atoms with Crippen LogP contribution in [0, 0.1) is 0 Å². The summed E-state index contributed by atoms with van der Waals surface area (Å²) in [5.74, 6) is 0.364. The van der Waals surface area contributed by atoms with Crippen molar-refractivity contribution in [2.24, 2.45) is 0 Å². The second kappa shape index (κ2) is 4.98. The van der Waals surface area contributed by atoms with Crippen LogP contribution in [-0.2, 0) is 12.6 Å². The van der Waals surface area contributed by atoms with Crippen LogP contribution in [0.4, 0.5) is 13.2 Å². The number of fused-ring (bicyclic) bond motifs is 1. The van der Waals surface area contributed by atoms with Gasteiger partial charge in [0.1, 0.15) is 17.1 Å². The van der Waals surface area contributed by atoms with E-state index in [0.717, 1.165) is 25.1 Å². The van der Waals surface area contributed by atoms with E-state index >= 15 is 0 Å². The Balaban J connectivity index is 2.02. The zero-order valence-electron chi connectivity index (χ0n) is 10.9. The first kappa shape index (κ1) is 13.8. The van der Waals surface area contributed by atoms with Gasteiger partial charge in [0.15, 0.2) is 5.78 Å². The van der Waals surface area contributed by atoms with Crippen LogP contribution < -0.4 is 0 Å². The van der Waals surface area contributed by atoms with Crippen LogP contribution in [0.25, 0.3) is 11.5 Å². The summed E-state index contributed by atoms with van der Waals surface area (Å²) in [5.41, 5.74) is -0.606. The van der Waals surface area contributed by atoms with Crippen LogP contribution in [0.2, 0.25) is 0 Å². The molecule has 2 aromatic heterocycles. The molecule has 4 nitrogen and oxygen atoms in total. The Hall–Kier alpha value is -2.18. The van der Waals surface area contributed by atoms with E-state index in [1.54, 1.807) is 0 Å². The predicted molar refractivity (Wildman–Crippen MR) is 66.6 cm³/mol. The molecule has 0 saturated heterocycles. The highest BCUT2D eigenvalue weighted by molar-refractivity contribution is 5.95. The second-order valence-corrected chi connectivity index (χ2v) is 4.85. The van der Waals surface area contributed by atoms with Crippen LogP contribution in [0.3, 0.4) is 0 Å². The second-order valence-electron chi connectivity index (χ2n) is 4.85. The molecule has 0 spiro atoms. The summed E-state index contributed by atoms with van der Waals surface area (Å²) in [5, 5.41) is 0. The zero-order valence-corrected chi connectivity index (χ0v) is 10.9. The molecule has 3 rings (SSSR count). The van der Waals surface area contributed by atoms with E-state index in [1.807, 2.05) is 0 Å². The van der Waals surface area contributed by atoms with E-state index in [-0.39, 0.29) is 22.9 Å². The number of oxazole rings is 1. The van der Waals surface area contributed by atoms with Crippen molar-refractivity contribution in [2.45, 2.75) is 31.9 Å². The van der Waals surface area contributed by atoms with Crippen molar-refractivity contribution in [3.05, 3.63) is 35.5 Å². The summed E-state index contributed by atoms with van der Waals surface area (Å²) in [6.07, 6.45) is -0.940. The normalized spacial score (nSPS) is 15.7. The number of pyridine rings is 1. The van der Waals surface area contributed by atoms with Gasteiger partial charge in [-0.25, -0.2) is 4.98 Å². The Bertz CT molecular complexity index is 692. The third-order valence-corrected chi connectivity index (χ3v) is 3.32. The van der Waals surface area contributed by atoms with E-state index in [2.05, 4.69) is 9.97 Å². The van der Waals surface area contributed by atoms with Gasteiger partial charge < -0.3 is 4.42 Å². The number of Topliss-reactive ketones (excluding diaryl/α,β-unsaturated/α-hetero) is 1. The minimum atomic E-state index is -4.53. The molecule has 0 unspecified atom stereocenters. The first-order chi connectivity index (χ1) is 9.95. The smallest absolute Gasteiger partial charge is 0.433 e. The number of alkyl halides is 3. The summed E-state index contributed by atoms with van der Waals surface area (Å²) >= 11 is 0. The Morgan fingerprint density at radius 3 is 2.71 bits per heavy atom. The van der Waals surface area contributed by atoms with E-state index in [1.165, 1.54) is 6.07 Å². The van der Waals surface area contributed by atoms with Gasteiger partial charge >= 0.3 is 6.18 Å². The molecule has 7 heteroatoms. The lowest BCUT2D eigenvalue weighted by Gasteiger charge is -2.05. The summed E-state index contributed by atoms with van der Waals surface area (Å²) < 4.78 is 43.5. The van der Waals surface area contributed by atoms with Gasteiger partial charge in [-0.2, -0.15) is 13.2 Å². The SMILES string of the molecule is O=C1CCCCc2oc(-c3ccnc(C(F)(F)F)c3)nc21. The van der Waals surface area contributed by atoms with Gasteiger partial charge in [0.25, 0.3) is 0 Å². The van der Waals surface area contributed by atoms with Crippen molar-refractivity contribution in [3.63, 3.8) is 0 Å². The van der Waals surface area contributed by atoms with Gasteiger partial charge in [-0.15, -0.1) is 0 Å². The van der Waals surface area contributed by atoms with Crippen molar-refractivity contribution < 1.29 is 22.4 Å². The lowest BCUT2D eigenvalue weighted by molar-refractivity contribution is -0.141. The van der Waals surface area contributed by atoms with Gasteiger partial charge in [0, 0.05) is 24.6 Å². The van der Waals surface area contributed by atoms with Gasteiger partial charge in [0.05, 0.1) is 0 Å². The summed E-state index contributed by atoms with van der Waals surface area (Å²) in [6.45, 7) is 0. The third kappa shape index (κ3) is 2.68. The molecule has 1 aliphatic rings. The molecular formula is C14H11F3N2O2. The molecule has 0 amide bonds. The van der Waals surface area contributed by atoms with E-state index in [4.69, 9.17) is 4.42 Å². The highest BCUT2D eigenvalue weighted by Crippen LogP contribution is 2.31. The maximum absolute atomic E-state index is 12.7. The minimum Gasteiger partial charge on any atom is -0.440 e. The zero-order chi connectivity index (χ0) is 15.0. The third-order valence-electron chi connectivity index (χ3n) is 3.32. The molecule has 0 aliphatic heterocycles. The fourth-order valence-electron chi connectivity index (χ4n) is 2.27. The first-order valence-corrected chi connectivity index (χ1v) is 6.51. The number of carbonyl (C=O) groups excluding carboxylic acids is 1. The molecule has 2 aromatic rings. The van der Waals surface area contributed by atoms with Gasteiger partial charge in [-0.05, 0) is 25.0 Å². The van der Waals surface area contributed by atoms with E-state index < -0.39 is 11.9 Å². The Kier molecular flexibility index (Phi) is 3.27. The molecule has 0 saturated carbocycles. The topological polar surface area (TPSA) is 56.0 Å². The summed E-state index contributed by atoms with van der Waals surface area (Å²) in [4.78, 5) is 19.2. The molecule has 110 valence electrons. The molecule has 0 N–H and O–H groups in total. The van der Waals surface area contributed by atoms with Gasteiger partial charge in [-0.1, -0.05) is 0 Å². The Morgan fingerprint density at radius 2 is 1.95 bits per heavy atom. The number of hydrogen-bond acceptors (Lipinski definition) is 4. The lowest BCUT2D eigenvalue weighted by Crippen LogP contribution is -2.07. The van der Waals surface area contributed by atoms with E-state index in [9.17, 15) is 18.0 Å². The highest BCUT2D eigenvalue weighted by atomic mass is 19.4. The number of carbonyl (C=O) groups is 1. The largest absolute Gasteiger partial charge is 0.440 e. The quantitative estimate of drug-likeness (QED) is 0.753. The van der Waals surface area contributed by atoms with Crippen LogP contribution >= 0.6 is 0 Å². The lowest BCUT2D eigenvalue weighted by atomic mass is 10.2. The standard InChI is InChI=1S/C14H11F3N2O2/c15-14(16,17)11-7-8(5-6-18-11)13-19-12-9(20)3-1-2-4-10(12)21-13/h5-7H,1-4H2. The van der Waals surface area contributed by atoms with Crippen molar-refractivity contribution in [1.82, 2.24) is 9.97 Å². The van der Waals surface area contributed by atoms with Crippen molar-refractivity contribution in [2.75, 3.05) is 0 Å². The molecule has 0 bridgehead atoms. The van der Waals surface area contributed by atoms with E-state index in [0.29, 0.717) is 18.6 Å². The molecule has 0 fully saturated rings. The number of halogens is 3.